The van der Waals surface area contributed by atoms with E-state index in [9.17, 15) is 0 Å². The quantitative estimate of drug-likeness (QED) is 0.559. The van der Waals surface area contributed by atoms with Crippen LogP contribution in [-0.2, 0) is 0 Å². The first-order valence-corrected chi connectivity index (χ1v) is 2.65. The van der Waals surface area contributed by atoms with E-state index in [4.69, 9.17) is 4.74 Å². The fourth-order valence-electron chi connectivity index (χ4n) is 0.532. The highest BCUT2D eigenvalue weighted by molar-refractivity contribution is 5.19. The molecule has 0 aromatic carbocycles. The van der Waals surface area contributed by atoms with Gasteiger partial charge in [0.1, 0.15) is 0 Å². The van der Waals surface area contributed by atoms with Gasteiger partial charge < -0.3 is 4.74 Å². The second-order valence-electron chi connectivity index (χ2n) is 1.71. The average Bonchev–Trinajstić information content (AvgIpc) is 1.90. The summed E-state index contributed by atoms with van der Waals surface area (Å²) in [5.74, 6) is 0.627. The van der Waals surface area contributed by atoms with Crippen LogP contribution in [0.4, 0.5) is 0 Å². The molecule has 1 rings (SSSR count). The van der Waals surface area contributed by atoms with Crippen molar-refractivity contribution in [2.24, 2.45) is 0 Å². The molecule has 1 aromatic heterocycles. The van der Waals surface area contributed by atoms with Crippen LogP contribution in [0.1, 0.15) is 5.56 Å². The fourth-order valence-corrected chi connectivity index (χ4v) is 0.532. The molecule has 0 spiro atoms. The van der Waals surface area contributed by atoms with Crippen molar-refractivity contribution < 1.29 is 4.74 Å². The molecule has 2 heteroatoms. The zero-order chi connectivity index (χ0) is 6.69. The van der Waals surface area contributed by atoms with Crippen LogP contribution < -0.4 is 4.74 Å². The smallest absolute Gasteiger partial charge is 0.212 e. The SMILES string of the molecule is [CH2]c1ccc(OC)nc1. The number of hydrogen-bond donors (Lipinski definition) is 0. The highest BCUT2D eigenvalue weighted by Crippen LogP contribution is 2.04. The first kappa shape index (κ1) is 6.08. The lowest BCUT2D eigenvalue weighted by molar-refractivity contribution is 0.398. The van der Waals surface area contributed by atoms with Gasteiger partial charge in [-0.2, -0.15) is 0 Å². The minimum absolute atomic E-state index is 0.627. The summed E-state index contributed by atoms with van der Waals surface area (Å²) < 4.78 is 4.83. The largest absolute Gasteiger partial charge is 0.481 e. The minimum Gasteiger partial charge on any atom is -0.481 e. The molecule has 9 heavy (non-hydrogen) atoms. The lowest BCUT2D eigenvalue weighted by atomic mass is 10.3. The Morgan fingerprint density at radius 3 is 2.78 bits per heavy atom. The lowest BCUT2D eigenvalue weighted by Gasteiger charge is -1.95. The Kier molecular flexibility index (Phi) is 1.68. The van der Waals surface area contributed by atoms with Crippen LogP contribution in [0.5, 0.6) is 5.88 Å². The van der Waals surface area contributed by atoms with E-state index in [1.54, 1.807) is 19.4 Å². The standard InChI is InChI=1S/C7H8NO/c1-6-3-4-7(9-2)8-5-6/h3-5H,1H2,2H3. The summed E-state index contributed by atoms with van der Waals surface area (Å²) in [5, 5.41) is 0. The Labute approximate surface area is 54.5 Å². The van der Waals surface area contributed by atoms with Gasteiger partial charge in [0.15, 0.2) is 0 Å². The Bertz CT molecular complexity index is 181. The third kappa shape index (κ3) is 1.42. The van der Waals surface area contributed by atoms with E-state index >= 15 is 0 Å². The normalized spacial score (nSPS) is 9.11. The summed E-state index contributed by atoms with van der Waals surface area (Å²) >= 11 is 0. The Balaban J connectivity index is 2.88. The molecule has 1 heterocycles. The molecule has 1 radical (unpaired) electrons. The molecule has 0 atom stereocenters. The van der Waals surface area contributed by atoms with Gasteiger partial charge in [0.2, 0.25) is 5.88 Å². The molecule has 0 aliphatic heterocycles. The van der Waals surface area contributed by atoms with Crippen molar-refractivity contribution in [1.29, 1.82) is 0 Å². The highest BCUT2D eigenvalue weighted by atomic mass is 16.5. The van der Waals surface area contributed by atoms with Gasteiger partial charge >= 0.3 is 0 Å². The molecule has 0 fully saturated rings. The number of aromatic nitrogens is 1. The minimum atomic E-state index is 0.627. The first-order chi connectivity index (χ1) is 4.33. The number of ether oxygens (including phenoxy) is 1. The number of pyridine rings is 1. The molecule has 0 N–H and O–H groups in total. The molecule has 0 aliphatic rings. The van der Waals surface area contributed by atoms with Gasteiger partial charge in [-0.05, 0) is 12.5 Å². The van der Waals surface area contributed by atoms with Crippen LogP contribution in [0.3, 0.4) is 0 Å². The van der Waals surface area contributed by atoms with Gasteiger partial charge in [0.25, 0.3) is 0 Å². The monoisotopic (exact) mass is 122 g/mol. The Morgan fingerprint density at radius 1 is 1.56 bits per heavy atom. The molecule has 0 unspecified atom stereocenters. The Morgan fingerprint density at radius 2 is 2.33 bits per heavy atom. The molecule has 47 valence electrons. The van der Waals surface area contributed by atoms with Crippen LogP contribution >= 0.6 is 0 Å². The van der Waals surface area contributed by atoms with Crippen LogP contribution in [0, 0.1) is 6.92 Å². The molecule has 1 aromatic rings. The third-order valence-electron chi connectivity index (χ3n) is 1.01. The van der Waals surface area contributed by atoms with Gasteiger partial charge in [-0.1, -0.05) is 6.07 Å². The second-order valence-corrected chi connectivity index (χ2v) is 1.71. The zero-order valence-electron chi connectivity index (χ0n) is 5.29. The molecule has 0 aliphatic carbocycles. The van der Waals surface area contributed by atoms with Gasteiger partial charge in [-0.25, -0.2) is 4.98 Å². The van der Waals surface area contributed by atoms with Crippen molar-refractivity contribution in [3.05, 3.63) is 30.8 Å². The molecule has 0 saturated carbocycles. The molecule has 2 nitrogen and oxygen atoms in total. The van der Waals surface area contributed by atoms with Gasteiger partial charge in [0, 0.05) is 12.3 Å². The first-order valence-electron chi connectivity index (χ1n) is 2.65. The molecular weight excluding hydrogens is 114 g/mol. The van der Waals surface area contributed by atoms with Crippen LogP contribution in [-0.4, -0.2) is 12.1 Å². The van der Waals surface area contributed by atoms with Gasteiger partial charge in [-0.15, -0.1) is 0 Å². The van der Waals surface area contributed by atoms with E-state index in [-0.39, 0.29) is 0 Å². The molecule has 0 amide bonds. The summed E-state index contributed by atoms with van der Waals surface area (Å²) in [6, 6.07) is 3.63. The van der Waals surface area contributed by atoms with E-state index in [0.717, 1.165) is 5.56 Å². The van der Waals surface area contributed by atoms with Crippen molar-refractivity contribution in [2.75, 3.05) is 7.11 Å². The van der Waals surface area contributed by atoms with Gasteiger partial charge in [0.05, 0.1) is 7.11 Å². The van der Waals surface area contributed by atoms with Crippen LogP contribution in [0.25, 0.3) is 0 Å². The summed E-state index contributed by atoms with van der Waals surface area (Å²) in [4.78, 5) is 3.91. The van der Waals surface area contributed by atoms with Crippen molar-refractivity contribution >= 4 is 0 Å². The summed E-state index contributed by atoms with van der Waals surface area (Å²) in [5.41, 5.74) is 0.899. The highest BCUT2D eigenvalue weighted by Gasteiger charge is 1.87. The summed E-state index contributed by atoms with van der Waals surface area (Å²) in [6.45, 7) is 3.68. The van der Waals surface area contributed by atoms with E-state index in [0.29, 0.717) is 5.88 Å². The molecule has 0 saturated heterocycles. The second kappa shape index (κ2) is 2.49. The number of nitrogens with zero attached hydrogens (tertiary/aromatic N) is 1. The van der Waals surface area contributed by atoms with E-state index in [1.165, 1.54) is 0 Å². The lowest BCUT2D eigenvalue weighted by Crippen LogP contribution is -1.85. The van der Waals surface area contributed by atoms with E-state index in [1.807, 2.05) is 6.07 Å². The maximum absolute atomic E-state index is 4.83. The fraction of sp³-hybridized carbons (Fsp3) is 0.143. The van der Waals surface area contributed by atoms with Crippen molar-refractivity contribution in [3.63, 3.8) is 0 Å². The van der Waals surface area contributed by atoms with Crippen LogP contribution in [0.15, 0.2) is 18.3 Å². The maximum Gasteiger partial charge on any atom is 0.212 e. The summed E-state index contributed by atoms with van der Waals surface area (Å²) in [6.07, 6.45) is 1.67. The zero-order valence-corrected chi connectivity index (χ0v) is 5.29. The van der Waals surface area contributed by atoms with Crippen molar-refractivity contribution in [1.82, 2.24) is 4.98 Å². The van der Waals surface area contributed by atoms with E-state index < -0.39 is 0 Å². The molecule has 0 bridgehead atoms. The third-order valence-corrected chi connectivity index (χ3v) is 1.01. The average molecular weight is 122 g/mol. The Hall–Kier alpha value is -1.05. The topological polar surface area (TPSA) is 22.1 Å². The van der Waals surface area contributed by atoms with Crippen LogP contribution in [0.2, 0.25) is 0 Å². The summed E-state index contributed by atoms with van der Waals surface area (Å²) in [7, 11) is 1.59. The number of methoxy groups -OCH3 is 1. The van der Waals surface area contributed by atoms with Crippen molar-refractivity contribution in [3.8, 4) is 5.88 Å². The van der Waals surface area contributed by atoms with Gasteiger partial charge in [-0.3, -0.25) is 0 Å². The predicted octanol–water partition coefficient (Wildman–Crippen LogP) is 1.27. The molecular formula is C7H8NO. The van der Waals surface area contributed by atoms with E-state index in [2.05, 4.69) is 11.9 Å². The number of hydrogen-bond acceptors (Lipinski definition) is 2. The number of rotatable bonds is 1. The predicted molar refractivity (Wildman–Crippen MR) is 35.2 cm³/mol. The van der Waals surface area contributed by atoms with Crippen molar-refractivity contribution in [2.45, 2.75) is 0 Å². The maximum atomic E-state index is 4.83.